The minimum atomic E-state index is -0.551. The SMILES string of the molecule is CCOC(=O)C(C)(CCCCN(CC)C(C)C)NC. The third-order valence-electron chi connectivity index (χ3n) is 3.79. The van der Waals surface area contributed by atoms with Gasteiger partial charge < -0.3 is 15.0 Å². The van der Waals surface area contributed by atoms with Gasteiger partial charge in [0.1, 0.15) is 5.54 Å². The van der Waals surface area contributed by atoms with Crippen molar-refractivity contribution >= 4 is 5.97 Å². The van der Waals surface area contributed by atoms with Crippen LogP contribution in [0.4, 0.5) is 0 Å². The van der Waals surface area contributed by atoms with Gasteiger partial charge in [-0.1, -0.05) is 6.92 Å². The van der Waals surface area contributed by atoms with Crippen LogP contribution in [-0.2, 0) is 9.53 Å². The Morgan fingerprint density at radius 1 is 1.32 bits per heavy atom. The van der Waals surface area contributed by atoms with Crippen LogP contribution < -0.4 is 5.32 Å². The van der Waals surface area contributed by atoms with Crippen molar-refractivity contribution in [2.75, 3.05) is 26.7 Å². The van der Waals surface area contributed by atoms with Gasteiger partial charge in [-0.2, -0.15) is 0 Å². The molecule has 4 nitrogen and oxygen atoms in total. The van der Waals surface area contributed by atoms with Crippen LogP contribution in [0.15, 0.2) is 0 Å². The van der Waals surface area contributed by atoms with Crippen LogP contribution in [0.25, 0.3) is 0 Å². The van der Waals surface area contributed by atoms with Gasteiger partial charge in [-0.15, -0.1) is 0 Å². The van der Waals surface area contributed by atoms with Crippen molar-refractivity contribution in [2.45, 2.75) is 65.5 Å². The molecule has 0 bridgehead atoms. The highest BCUT2D eigenvalue weighted by atomic mass is 16.5. The van der Waals surface area contributed by atoms with E-state index in [-0.39, 0.29) is 5.97 Å². The number of nitrogens with one attached hydrogen (secondary N) is 1. The number of hydrogen-bond acceptors (Lipinski definition) is 4. The minimum absolute atomic E-state index is 0.145. The molecule has 0 aromatic carbocycles. The molecule has 1 unspecified atom stereocenters. The standard InChI is InChI=1S/C15H32N2O2/c1-7-17(13(3)4)12-10-9-11-15(5,16-6)14(18)19-8-2/h13,16H,7-12H2,1-6H3. The summed E-state index contributed by atoms with van der Waals surface area (Å²) in [5.74, 6) is -0.145. The molecule has 0 fully saturated rings. The number of rotatable bonds is 10. The van der Waals surface area contributed by atoms with Crippen molar-refractivity contribution in [3.8, 4) is 0 Å². The first-order chi connectivity index (χ1) is 8.91. The first-order valence-corrected chi connectivity index (χ1v) is 7.51. The van der Waals surface area contributed by atoms with E-state index in [1.807, 2.05) is 20.9 Å². The van der Waals surface area contributed by atoms with E-state index in [9.17, 15) is 4.79 Å². The smallest absolute Gasteiger partial charge is 0.326 e. The van der Waals surface area contributed by atoms with E-state index < -0.39 is 5.54 Å². The molecule has 1 atom stereocenters. The van der Waals surface area contributed by atoms with E-state index in [0.29, 0.717) is 12.6 Å². The molecule has 0 aliphatic rings. The van der Waals surface area contributed by atoms with Crippen molar-refractivity contribution in [3.05, 3.63) is 0 Å². The van der Waals surface area contributed by atoms with E-state index in [0.717, 1.165) is 32.4 Å². The highest BCUT2D eigenvalue weighted by Crippen LogP contribution is 2.16. The lowest BCUT2D eigenvalue weighted by Crippen LogP contribution is -2.48. The van der Waals surface area contributed by atoms with Gasteiger partial charge in [0.25, 0.3) is 0 Å². The summed E-state index contributed by atoms with van der Waals surface area (Å²) in [6.07, 6.45) is 2.96. The molecule has 0 aliphatic heterocycles. The van der Waals surface area contributed by atoms with Gasteiger partial charge in [0.2, 0.25) is 0 Å². The van der Waals surface area contributed by atoms with Crippen LogP contribution in [0.2, 0.25) is 0 Å². The summed E-state index contributed by atoms with van der Waals surface area (Å²) in [5, 5.41) is 3.10. The van der Waals surface area contributed by atoms with Crippen LogP contribution in [0.1, 0.15) is 53.9 Å². The van der Waals surface area contributed by atoms with Crippen molar-refractivity contribution in [1.82, 2.24) is 10.2 Å². The molecule has 114 valence electrons. The number of nitrogens with zero attached hydrogens (tertiary/aromatic N) is 1. The third-order valence-corrected chi connectivity index (χ3v) is 3.79. The van der Waals surface area contributed by atoms with Crippen LogP contribution in [0.3, 0.4) is 0 Å². The Labute approximate surface area is 118 Å². The Bertz CT molecular complexity index is 257. The zero-order valence-corrected chi connectivity index (χ0v) is 13.6. The summed E-state index contributed by atoms with van der Waals surface area (Å²) in [6, 6.07) is 0.589. The number of hydrogen-bond donors (Lipinski definition) is 1. The van der Waals surface area contributed by atoms with Gasteiger partial charge in [-0.3, -0.25) is 4.79 Å². The maximum atomic E-state index is 11.9. The van der Waals surface area contributed by atoms with Crippen molar-refractivity contribution in [2.24, 2.45) is 0 Å². The number of ether oxygens (including phenoxy) is 1. The fourth-order valence-corrected chi connectivity index (χ4v) is 2.19. The molecule has 0 saturated heterocycles. The van der Waals surface area contributed by atoms with E-state index in [1.54, 1.807) is 0 Å². The van der Waals surface area contributed by atoms with Gasteiger partial charge in [0.15, 0.2) is 0 Å². The zero-order chi connectivity index (χ0) is 14.9. The van der Waals surface area contributed by atoms with Crippen LogP contribution in [0.5, 0.6) is 0 Å². The third kappa shape index (κ3) is 6.39. The van der Waals surface area contributed by atoms with Gasteiger partial charge in [-0.05, 0) is 67.1 Å². The summed E-state index contributed by atoms with van der Waals surface area (Å²) in [5.41, 5.74) is -0.551. The summed E-state index contributed by atoms with van der Waals surface area (Å²) in [6.45, 7) is 13.0. The molecule has 0 aliphatic carbocycles. The molecule has 0 saturated carbocycles. The number of likely N-dealkylation sites (N-methyl/N-ethyl adjacent to an activating group) is 1. The summed E-state index contributed by atoms with van der Waals surface area (Å²) in [4.78, 5) is 14.3. The highest BCUT2D eigenvalue weighted by molar-refractivity contribution is 5.80. The molecule has 19 heavy (non-hydrogen) atoms. The monoisotopic (exact) mass is 272 g/mol. The minimum Gasteiger partial charge on any atom is -0.465 e. The molecule has 0 heterocycles. The summed E-state index contributed by atoms with van der Waals surface area (Å²) >= 11 is 0. The molecule has 0 amide bonds. The van der Waals surface area contributed by atoms with Crippen molar-refractivity contribution in [1.29, 1.82) is 0 Å². The second-order valence-corrected chi connectivity index (χ2v) is 5.48. The molecular weight excluding hydrogens is 240 g/mol. The molecule has 1 N–H and O–H groups in total. The van der Waals surface area contributed by atoms with Crippen LogP contribution >= 0.6 is 0 Å². The summed E-state index contributed by atoms with van der Waals surface area (Å²) < 4.78 is 5.12. The lowest BCUT2D eigenvalue weighted by atomic mass is 9.95. The molecule has 0 aromatic heterocycles. The van der Waals surface area contributed by atoms with Gasteiger partial charge in [0, 0.05) is 6.04 Å². The topological polar surface area (TPSA) is 41.6 Å². The van der Waals surface area contributed by atoms with Crippen LogP contribution in [-0.4, -0.2) is 49.2 Å². The normalized spacial score (nSPS) is 14.7. The first-order valence-electron chi connectivity index (χ1n) is 7.51. The molecule has 0 rings (SSSR count). The Morgan fingerprint density at radius 3 is 2.37 bits per heavy atom. The first kappa shape index (κ1) is 18.4. The van der Waals surface area contributed by atoms with Crippen molar-refractivity contribution < 1.29 is 9.53 Å². The maximum absolute atomic E-state index is 11.9. The maximum Gasteiger partial charge on any atom is 0.326 e. The predicted octanol–water partition coefficient (Wildman–Crippen LogP) is 2.43. The zero-order valence-electron chi connectivity index (χ0n) is 13.6. The largest absolute Gasteiger partial charge is 0.465 e. The fraction of sp³-hybridized carbons (Fsp3) is 0.933. The predicted molar refractivity (Wildman–Crippen MR) is 80.3 cm³/mol. The second kappa shape index (κ2) is 9.32. The van der Waals surface area contributed by atoms with Gasteiger partial charge >= 0.3 is 5.97 Å². The molecule has 0 spiro atoms. The average Bonchev–Trinajstić information content (AvgIpc) is 2.38. The molecule has 0 aromatic rings. The second-order valence-electron chi connectivity index (χ2n) is 5.48. The Hall–Kier alpha value is -0.610. The lowest BCUT2D eigenvalue weighted by molar-refractivity contribution is -0.150. The van der Waals surface area contributed by atoms with E-state index in [4.69, 9.17) is 4.74 Å². The van der Waals surface area contributed by atoms with Crippen molar-refractivity contribution in [3.63, 3.8) is 0 Å². The quantitative estimate of drug-likeness (QED) is 0.490. The molecular formula is C15H32N2O2. The lowest BCUT2D eigenvalue weighted by Gasteiger charge is -2.28. The number of esters is 1. The van der Waals surface area contributed by atoms with Crippen LogP contribution in [0, 0.1) is 0 Å². The fourth-order valence-electron chi connectivity index (χ4n) is 2.19. The summed E-state index contributed by atoms with van der Waals surface area (Å²) in [7, 11) is 1.82. The Kier molecular flexibility index (Phi) is 9.02. The number of carbonyl (C=O) groups is 1. The van der Waals surface area contributed by atoms with Gasteiger partial charge in [0.05, 0.1) is 6.61 Å². The van der Waals surface area contributed by atoms with E-state index >= 15 is 0 Å². The number of carbonyl (C=O) groups excluding carboxylic acids is 1. The van der Waals surface area contributed by atoms with E-state index in [2.05, 4.69) is 31.0 Å². The van der Waals surface area contributed by atoms with E-state index in [1.165, 1.54) is 0 Å². The Balaban J connectivity index is 4.11. The molecule has 0 radical (unpaired) electrons. The molecule has 4 heteroatoms. The number of unbranched alkanes of at least 4 members (excludes halogenated alkanes) is 1. The Morgan fingerprint density at radius 2 is 1.95 bits per heavy atom. The average molecular weight is 272 g/mol. The highest BCUT2D eigenvalue weighted by Gasteiger charge is 2.32. The van der Waals surface area contributed by atoms with Gasteiger partial charge in [-0.25, -0.2) is 0 Å².